The Balaban J connectivity index is 0. The first-order valence-corrected chi connectivity index (χ1v) is 4.15. The predicted molar refractivity (Wildman–Crippen MR) is 29.6 cm³/mol. The Morgan fingerprint density at radius 3 is 2.43 bits per heavy atom. The van der Waals surface area contributed by atoms with E-state index in [2.05, 4.69) is 0 Å². The molecule has 7 heavy (non-hydrogen) atoms. The third-order valence-electron chi connectivity index (χ3n) is 1.08. The average molecular weight is 126 g/mol. The summed E-state index contributed by atoms with van der Waals surface area (Å²) >= 11 is 0. The Bertz CT molecular complexity index is 31.5. The molecule has 1 aliphatic heterocycles. The average Bonchev–Trinajstić information content (AvgIpc) is 1.72. The molecular weight excluding hydrogens is 115 g/mol. The van der Waals surface area contributed by atoms with Crippen LogP contribution < -0.4 is 29.6 Å². The summed E-state index contributed by atoms with van der Waals surface area (Å²) < 4.78 is 5.21. The van der Waals surface area contributed by atoms with Crippen LogP contribution in [0.3, 0.4) is 0 Å². The van der Waals surface area contributed by atoms with Gasteiger partial charge in [0.2, 0.25) is 0 Å². The smallest absolute Gasteiger partial charge is 1.00 e. The fourth-order valence-electron chi connectivity index (χ4n) is 0.687. The molecule has 1 nitrogen and oxygen atoms in total. The molecule has 0 N–H and O–H groups in total. The zero-order valence-corrected chi connectivity index (χ0v) is 8.36. The van der Waals surface area contributed by atoms with Crippen LogP contribution >= 0.6 is 0 Å². The summed E-state index contributed by atoms with van der Waals surface area (Å²) in [6.07, 6.45) is 2.75. The third kappa shape index (κ3) is 3.73. The van der Waals surface area contributed by atoms with E-state index in [1.54, 1.807) is 0 Å². The molecule has 1 rings (SSSR count). The molecule has 0 amide bonds. The third-order valence-corrected chi connectivity index (χ3v) is 2.44. The minimum absolute atomic E-state index is 0. The van der Waals surface area contributed by atoms with Gasteiger partial charge in [0.15, 0.2) is 9.76 Å². The molecule has 0 atom stereocenters. The summed E-state index contributed by atoms with van der Waals surface area (Å²) in [6, 6.07) is 1.42. The molecule has 1 heterocycles. The fraction of sp³-hybridized carbons (Fsp3) is 1.00. The van der Waals surface area contributed by atoms with Gasteiger partial charge in [-0.2, -0.15) is 0 Å². The second kappa shape index (κ2) is 5.32. The summed E-state index contributed by atoms with van der Waals surface area (Å²) in [6.45, 7) is 1.06. The van der Waals surface area contributed by atoms with E-state index in [1.165, 1.54) is 18.9 Å². The van der Waals surface area contributed by atoms with Crippen molar-refractivity contribution >= 4 is 9.76 Å². The van der Waals surface area contributed by atoms with Crippen LogP contribution in [0.4, 0.5) is 0 Å². The molecule has 1 fully saturated rings. The van der Waals surface area contributed by atoms with Gasteiger partial charge < -0.3 is 5.85 Å². The van der Waals surface area contributed by atoms with Crippen molar-refractivity contribution in [3.05, 3.63) is 0 Å². The Labute approximate surface area is 70.5 Å². The van der Waals surface area contributed by atoms with Gasteiger partial charge >= 0.3 is 29.6 Å². The molecule has 38 valence electrons. The topological polar surface area (TPSA) is 9.23 Å². The maximum atomic E-state index is 5.21. The van der Waals surface area contributed by atoms with Gasteiger partial charge in [-0.3, -0.25) is 0 Å². The van der Waals surface area contributed by atoms with Crippen LogP contribution in [0.5, 0.6) is 0 Å². The van der Waals surface area contributed by atoms with E-state index in [1.807, 2.05) is 0 Å². The molecule has 0 unspecified atom stereocenters. The van der Waals surface area contributed by atoms with Crippen molar-refractivity contribution in [3.8, 4) is 0 Å². The van der Waals surface area contributed by atoms with Gasteiger partial charge in [-0.1, -0.05) is 6.42 Å². The first-order valence-electron chi connectivity index (χ1n) is 2.58. The standard InChI is InChI=1S/C4H10OSi.Na.H/c1-2-4-6-5-3-1;;/h1-4,6H2;;/q;+1;-1. The first-order chi connectivity index (χ1) is 3.00. The summed E-state index contributed by atoms with van der Waals surface area (Å²) in [4.78, 5) is 0. The van der Waals surface area contributed by atoms with Crippen molar-refractivity contribution < 1.29 is 35.4 Å². The Morgan fingerprint density at radius 1 is 1.43 bits per heavy atom. The second-order valence-corrected chi connectivity index (χ2v) is 3.20. The van der Waals surface area contributed by atoms with Crippen molar-refractivity contribution in [3.63, 3.8) is 0 Å². The number of hydrogen-bond donors (Lipinski definition) is 0. The van der Waals surface area contributed by atoms with Crippen LogP contribution in [0.2, 0.25) is 6.04 Å². The van der Waals surface area contributed by atoms with Crippen LogP contribution in [0.25, 0.3) is 0 Å². The van der Waals surface area contributed by atoms with E-state index in [0.29, 0.717) is 0 Å². The monoisotopic (exact) mass is 126 g/mol. The van der Waals surface area contributed by atoms with Crippen LogP contribution in [0, 0.1) is 0 Å². The summed E-state index contributed by atoms with van der Waals surface area (Å²) in [7, 11) is 0.00849. The molecule has 1 aliphatic rings. The zero-order chi connectivity index (χ0) is 4.24. The molecule has 0 radical (unpaired) electrons. The Kier molecular flexibility index (Phi) is 6.21. The van der Waals surface area contributed by atoms with Crippen LogP contribution in [-0.4, -0.2) is 16.4 Å². The molecule has 1 saturated heterocycles. The van der Waals surface area contributed by atoms with Gasteiger partial charge in [0, 0.05) is 6.61 Å². The van der Waals surface area contributed by atoms with Crippen molar-refractivity contribution in [1.29, 1.82) is 0 Å². The molecule has 3 heteroatoms. The van der Waals surface area contributed by atoms with E-state index in [9.17, 15) is 0 Å². The van der Waals surface area contributed by atoms with Gasteiger partial charge in [-0.05, 0) is 12.5 Å². The Morgan fingerprint density at radius 2 is 2.29 bits per heavy atom. The SMILES string of the molecule is C1CC[SiH2]OC1.[H-].[Na+]. The maximum absolute atomic E-state index is 5.21. The molecule has 0 aromatic heterocycles. The Hall–Kier alpha value is 1.18. The molecule has 0 bridgehead atoms. The van der Waals surface area contributed by atoms with Gasteiger partial charge in [-0.15, -0.1) is 0 Å². The quantitative estimate of drug-likeness (QED) is 0.324. The van der Waals surface area contributed by atoms with Gasteiger partial charge in [0.25, 0.3) is 0 Å². The molecule has 0 spiro atoms. The molecule has 0 saturated carbocycles. The zero-order valence-electron chi connectivity index (χ0n) is 5.94. The van der Waals surface area contributed by atoms with Crippen molar-refractivity contribution in [2.45, 2.75) is 18.9 Å². The number of hydrogen-bond acceptors (Lipinski definition) is 1. The van der Waals surface area contributed by atoms with Gasteiger partial charge in [0.05, 0.1) is 0 Å². The summed E-state index contributed by atoms with van der Waals surface area (Å²) in [5.41, 5.74) is 0. The van der Waals surface area contributed by atoms with E-state index in [4.69, 9.17) is 4.43 Å². The van der Waals surface area contributed by atoms with E-state index >= 15 is 0 Å². The fourth-order valence-corrected chi connectivity index (χ4v) is 1.86. The summed E-state index contributed by atoms with van der Waals surface area (Å²) in [5.74, 6) is 0. The second-order valence-electron chi connectivity index (χ2n) is 1.67. The minimum Gasteiger partial charge on any atom is -1.00 e. The first kappa shape index (κ1) is 8.18. The van der Waals surface area contributed by atoms with E-state index in [0.717, 1.165) is 6.61 Å². The normalized spacial score (nSPS) is 24.0. The van der Waals surface area contributed by atoms with Gasteiger partial charge in [-0.25, -0.2) is 0 Å². The van der Waals surface area contributed by atoms with Crippen LogP contribution in [0.1, 0.15) is 14.3 Å². The predicted octanol–water partition coefficient (Wildman–Crippen LogP) is -2.58. The van der Waals surface area contributed by atoms with E-state index < -0.39 is 0 Å². The maximum Gasteiger partial charge on any atom is 1.00 e. The largest absolute Gasteiger partial charge is 1.00 e. The minimum atomic E-state index is 0. The van der Waals surface area contributed by atoms with E-state index in [-0.39, 0.29) is 40.7 Å². The van der Waals surface area contributed by atoms with Crippen molar-refractivity contribution in [2.75, 3.05) is 6.61 Å². The number of rotatable bonds is 0. The van der Waals surface area contributed by atoms with Crippen LogP contribution in [0.15, 0.2) is 0 Å². The van der Waals surface area contributed by atoms with Gasteiger partial charge in [0.1, 0.15) is 0 Å². The summed E-state index contributed by atoms with van der Waals surface area (Å²) in [5, 5.41) is 0. The molecule has 0 aliphatic carbocycles. The molecular formula is C4H11NaOSi. The van der Waals surface area contributed by atoms with Crippen molar-refractivity contribution in [2.24, 2.45) is 0 Å². The van der Waals surface area contributed by atoms with Crippen LogP contribution in [-0.2, 0) is 4.43 Å². The van der Waals surface area contributed by atoms with Crippen molar-refractivity contribution in [1.82, 2.24) is 0 Å². The molecule has 0 aromatic rings. The molecule has 0 aromatic carbocycles.